The fourth-order valence-electron chi connectivity index (χ4n) is 11.3. The Kier molecular flexibility index (Phi) is 21.2. The lowest BCUT2D eigenvalue weighted by atomic mass is 9.95. The third kappa shape index (κ3) is 16.0. The van der Waals surface area contributed by atoms with Crippen LogP contribution in [-0.4, -0.2) is 50.6 Å². The molecule has 0 saturated heterocycles. The van der Waals surface area contributed by atoms with Crippen molar-refractivity contribution in [3.63, 3.8) is 0 Å². The number of aliphatic imine (C=N–C) groups is 3. The van der Waals surface area contributed by atoms with Gasteiger partial charge in [-0.2, -0.15) is 15.0 Å². The minimum atomic E-state index is -0.591. The summed E-state index contributed by atoms with van der Waals surface area (Å²) in [6.07, 6.45) is 0. The van der Waals surface area contributed by atoms with E-state index in [1.54, 1.807) is 36.4 Å². The predicted octanol–water partition coefficient (Wildman–Crippen LogP) is 18.5. The van der Waals surface area contributed by atoms with Crippen molar-refractivity contribution in [3.05, 3.63) is 298 Å². The Morgan fingerprint density at radius 3 is 1.08 bits per heavy atom. The number of amides is 3. The molecule has 15 rings (SSSR count). The average molecular weight is 1590 g/mol. The number of benzene rings is 9. The minimum absolute atomic E-state index is 0.218. The van der Waals surface area contributed by atoms with Crippen molar-refractivity contribution in [2.75, 3.05) is 31.9 Å². The number of anilines is 6. The molecule has 9 N–H and O–H groups in total. The summed E-state index contributed by atoms with van der Waals surface area (Å²) in [5.74, 6) is 0.496. The fraction of sp³-hybridized carbons (Fsp3) is 0.0921. The van der Waals surface area contributed by atoms with Gasteiger partial charge in [0.05, 0.1) is 27.4 Å². The zero-order valence-corrected chi connectivity index (χ0v) is 60.8. The number of carbonyl (C=O) groups excluding carboxylic acids is 3. The van der Waals surface area contributed by atoms with Gasteiger partial charge in [0.2, 0.25) is 17.9 Å². The molecule has 0 saturated carbocycles. The Bertz CT molecular complexity index is 5100. The molecule has 3 unspecified atom stereocenters. The lowest BCUT2D eigenvalue weighted by molar-refractivity contribution is -0.114. The second-order valence-corrected chi connectivity index (χ2v) is 26.6. The van der Waals surface area contributed by atoms with Crippen LogP contribution in [0.3, 0.4) is 0 Å². The number of allylic oxidation sites excluding steroid dienone is 3. The van der Waals surface area contributed by atoms with Crippen LogP contribution in [0.2, 0.25) is 10.0 Å². The highest BCUT2D eigenvalue weighted by molar-refractivity contribution is 9.11. The number of guanidine groups is 3. The van der Waals surface area contributed by atoms with Crippen molar-refractivity contribution < 1.29 is 27.6 Å². The van der Waals surface area contributed by atoms with Crippen LogP contribution in [0.5, 0.6) is 0 Å². The highest BCUT2D eigenvalue weighted by Gasteiger charge is 2.35. The van der Waals surface area contributed by atoms with Crippen LogP contribution in [0.4, 0.5) is 35.1 Å². The van der Waals surface area contributed by atoms with Crippen LogP contribution in [0, 0.1) is 6.92 Å². The van der Waals surface area contributed by atoms with Crippen molar-refractivity contribution in [3.8, 4) is 0 Å². The maximum Gasteiger partial charge on any atom is 0.302 e. The number of oxazole rings is 3. The van der Waals surface area contributed by atoms with Gasteiger partial charge in [-0.25, -0.2) is 15.0 Å². The van der Waals surface area contributed by atoms with E-state index in [0.717, 1.165) is 57.9 Å². The molecule has 9 aromatic carbocycles. The summed E-state index contributed by atoms with van der Waals surface area (Å²) < 4.78 is 19.9. The molecule has 12 aromatic rings. The smallest absolute Gasteiger partial charge is 0.302 e. The fourth-order valence-corrected chi connectivity index (χ4v) is 13.1. The summed E-state index contributed by atoms with van der Waals surface area (Å²) in [6.45, 7) is 7.48. The van der Waals surface area contributed by atoms with Crippen molar-refractivity contribution in [1.82, 2.24) is 30.9 Å². The van der Waals surface area contributed by atoms with E-state index in [1.807, 2.05) is 210 Å². The topological polar surface area (TPSA) is 275 Å². The van der Waals surface area contributed by atoms with Crippen molar-refractivity contribution in [2.24, 2.45) is 15.0 Å². The van der Waals surface area contributed by atoms with E-state index in [2.05, 4.69) is 111 Å². The second-order valence-electron chi connectivity index (χ2n) is 23.2. The molecule has 3 amide bonds. The monoisotopic (exact) mass is 1590 g/mol. The summed E-state index contributed by atoms with van der Waals surface area (Å²) in [6, 6.07) is 66.6. The molecule has 3 aliphatic heterocycles. The zero-order chi connectivity index (χ0) is 71.0. The Morgan fingerprint density at radius 1 is 0.382 bits per heavy atom. The summed E-state index contributed by atoms with van der Waals surface area (Å²) in [5, 5.41) is 28.8. The van der Waals surface area contributed by atoms with Crippen LogP contribution in [0.15, 0.2) is 294 Å². The quantitative estimate of drug-likeness (QED) is 0.0550. The third-order valence-corrected chi connectivity index (χ3v) is 19.0. The van der Waals surface area contributed by atoms with Crippen LogP contribution in [-0.2, 0) is 14.4 Å². The molecule has 26 heteroatoms. The second kappa shape index (κ2) is 31.2. The van der Waals surface area contributed by atoms with E-state index >= 15 is 0 Å². The van der Waals surface area contributed by atoms with Gasteiger partial charge in [-0.05, 0) is 147 Å². The number of fused-ring (bicyclic) bond motifs is 3. The summed E-state index contributed by atoms with van der Waals surface area (Å²) in [4.78, 5) is 68.1. The van der Waals surface area contributed by atoms with Gasteiger partial charge in [0.15, 0.2) is 16.7 Å². The predicted molar refractivity (Wildman–Crippen MR) is 413 cm³/mol. The van der Waals surface area contributed by atoms with Crippen molar-refractivity contribution in [2.45, 2.75) is 45.8 Å². The van der Waals surface area contributed by atoms with E-state index in [-0.39, 0.29) is 17.7 Å². The van der Waals surface area contributed by atoms with Crippen LogP contribution < -0.4 is 47.9 Å². The molecule has 3 atom stereocenters. The number of halogens is 5. The number of carbonyl (C=O) groups is 3. The number of nitrogens with one attached hydrogen (secondary N) is 9. The third-order valence-electron chi connectivity index (χ3n) is 16.2. The summed E-state index contributed by atoms with van der Waals surface area (Å²) in [5.41, 5.74) is 13.1. The Hall–Kier alpha value is -11.2. The van der Waals surface area contributed by atoms with E-state index in [1.165, 1.54) is 0 Å². The first-order chi connectivity index (χ1) is 49.5. The van der Waals surface area contributed by atoms with Crippen LogP contribution in [0.25, 0.3) is 33.3 Å². The van der Waals surface area contributed by atoms with Gasteiger partial charge >= 0.3 is 18.0 Å². The number of hydrogen-bond acceptors (Lipinski definition) is 18. The lowest BCUT2D eigenvalue weighted by Crippen LogP contribution is -2.37. The first kappa shape index (κ1) is 69.3. The van der Waals surface area contributed by atoms with Crippen LogP contribution >= 0.6 is 71.0 Å². The Morgan fingerprint density at radius 2 is 0.706 bits per heavy atom. The molecule has 21 nitrogen and oxygen atoms in total. The van der Waals surface area contributed by atoms with Crippen molar-refractivity contribution in [1.29, 1.82) is 0 Å². The summed E-state index contributed by atoms with van der Waals surface area (Å²) >= 11 is 23.1. The van der Waals surface area contributed by atoms with Gasteiger partial charge in [0, 0.05) is 46.9 Å². The Balaban J connectivity index is 0.000000137. The zero-order valence-electron chi connectivity index (χ0n) is 54.5. The number of rotatable bonds is 12. The molecule has 510 valence electrons. The maximum absolute atomic E-state index is 13.5. The van der Waals surface area contributed by atoms with Gasteiger partial charge in [0.1, 0.15) is 34.7 Å². The lowest BCUT2D eigenvalue weighted by Gasteiger charge is -2.27. The van der Waals surface area contributed by atoms with Gasteiger partial charge in [-0.3, -0.25) is 30.3 Å². The van der Waals surface area contributed by atoms with Gasteiger partial charge in [-0.1, -0.05) is 192 Å². The molecule has 6 heterocycles. The first-order valence-corrected chi connectivity index (χ1v) is 34.9. The van der Waals surface area contributed by atoms with Gasteiger partial charge in [0.25, 0.3) is 17.7 Å². The highest BCUT2D eigenvalue weighted by atomic mass is 79.9. The standard InChI is InChI=1S/C26H22BrN5O2.2C25H19BrClN5O2/c1-15-9-3-6-12-19(15)29-24(33)22-16(2)28-25(31-23(22)17-10-4-5-11-18(17)27)32-26-30-20-13-7-8-14-21(20)34-26;1-14-21(23(33)29-18-11-5-4-10-17(18)27)22(15-8-2-3-9-16(15)26)31-24(28-14)32-25-30-19-12-6-7-13-20(19)34-25;1-14-21(23(33)29-16-12-10-15(27)11-13-16)22(17-6-2-3-7-18(17)26)31-24(28-14)32-25-30-19-8-4-5-9-20(19)34-25/h3-14,23H,1-2H3,(H,29,33)(H2,28,30,31,32);2*2-13,22H,1H3,(H,29,33)(H2,28,30,31,32). The van der Waals surface area contributed by atoms with E-state index in [9.17, 15) is 14.4 Å². The number of nitrogens with zero attached hydrogens (tertiary/aromatic N) is 6. The molecule has 0 spiro atoms. The molecule has 0 fully saturated rings. The normalized spacial score (nSPS) is 15.6. The molecule has 0 radical (unpaired) electrons. The number of aryl methyl sites for hydroxylation is 1. The van der Waals surface area contributed by atoms with Gasteiger partial charge < -0.3 is 45.2 Å². The molecular formula is C76H60Br3Cl2N15O6. The molecule has 102 heavy (non-hydrogen) atoms. The molecule has 3 aromatic heterocycles. The van der Waals surface area contributed by atoms with E-state index in [0.29, 0.717) is 108 Å². The summed E-state index contributed by atoms with van der Waals surface area (Å²) in [7, 11) is 0. The van der Waals surface area contributed by atoms with E-state index < -0.39 is 18.1 Å². The highest BCUT2D eigenvalue weighted by Crippen LogP contribution is 2.40. The average Bonchev–Trinajstić information content (AvgIpc) is 0.994. The largest absolute Gasteiger partial charge is 0.423 e. The first-order valence-electron chi connectivity index (χ1n) is 31.7. The number of aromatic nitrogens is 3. The van der Waals surface area contributed by atoms with Gasteiger partial charge in [-0.15, -0.1) is 0 Å². The molecular weight excluding hydrogens is 1530 g/mol. The van der Waals surface area contributed by atoms with Crippen LogP contribution in [0.1, 0.15) is 61.2 Å². The maximum atomic E-state index is 13.5. The Labute approximate surface area is 619 Å². The molecule has 3 aliphatic rings. The van der Waals surface area contributed by atoms with E-state index in [4.69, 9.17) is 51.4 Å². The number of hydrogen-bond donors (Lipinski definition) is 9. The molecule has 0 aliphatic carbocycles. The minimum Gasteiger partial charge on any atom is -0.423 e. The SMILES string of the molecule is CC1=C(C(=O)Nc2ccc(Cl)cc2)C(c2ccccc2Br)N=C(Nc2nc3ccccc3o2)N1.CC1=C(C(=O)Nc2ccccc2C)C(c2ccccc2Br)N=C(Nc2nc3ccccc3o2)N1.CC1=C(C(=O)Nc2ccccc2Cl)C(c2ccccc2Br)N=C(Nc2nc3ccccc3o2)N1. The van der Waals surface area contributed by atoms with Crippen molar-refractivity contribution >= 4 is 175 Å². The number of para-hydroxylation sites is 8. The molecule has 0 bridgehead atoms.